The zero-order chi connectivity index (χ0) is 37.9. The van der Waals surface area contributed by atoms with Crippen molar-refractivity contribution >= 4 is 46.4 Å². The van der Waals surface area contributed by atoms with E-state index < -0.39 is 42.1 Å². The maximum atomic E-state index is 13.7. The van der Waals surface area contributed by atoms with Gasteiger partial charge in [-0.25, -0.2) is 19.6 Å². The number of fused-ring (bicyclic) bond motifs is 4. The maximum Gasteiger partial charge on any atom is 0.412 e. The van der Waals surface area contributed by atoms with Crippen LogP contribution in [0.25, 0.3) is 10.9 Å². The number of aliphatic hydroxyl groups excluding tert-OH is 1. The third kappa shape index (κ3) is 10.9. The molecule has 1 saturated heterocycles. The summed E-state index contributed by atoms with van der Waals surface area (Å²) in [5.74, 6) is -2.27. The van der Waals surface area contributed by atoms with Gasteiger partial charge in [-0.1, -0.05) is 61.9 Å². The van der Waals surface area contributed by atoms with E-state index in [9.17, 15) is 29.1 Å². The van der Waals surface area contributed by atoms with Crippen molar-refractivity contribution in [3.8, 4) is 0 Å². The number of allylic oxidation sites excluding steroid dienone is 2. The fourth-order valence-corrected chi connectivity index (χ4v) is 6.33. The van der Waals surface area contributed by atoms with E-state index in [1.165, 1.54) is 17.1 Å². The summed E-state index contributed by atoms with van der Waals surface area (Å²) in [6.45, 7) is 5.93. The van der Waals surface area contributed by atoms with Crippen molar-refractivity contribution < 1.29 is 43.0 Å². The quantitative estimate of drug-likeness (QED) is 0.309. The van der Waals surface area contributed by atoms with Crippen LogP contribution in [0.2, 0.25) is 0 Å². The maximum absolute atomic E-state index is 13.7. The number of aromatic nitrogens is 2. The number of carbonyl (C=O) groups excluding carboxylic acids is 5. The summed E-state index contributed by atoms with van der Waals surface area (Å²) in [5, 5.41) is 16.7. The molecule has 0 unspecified atom stereocenters. The minimum absolute atomic E-state index is 0.00775. The Bertz CT molecular complexity index is 1900. The molecule has 53 heavy (non-hydrogen) atoms. The first-order chi connectivity index (χ1) is 25.5. The molecule has 4 heterocycles. The smallest absolute Gasteiger partial charge is 0.412 e. The lowest BCUT2D eigenvalue weighted by Gasteiger charge is -2.31. The van der Waals surface area contributed by atoms with E-state index in [1.54, 1.807) is 31.2 Å². The zero-order valence-electron chi connectivity index (χ0n) is 30.0. The molecule has 3 N–H and O–H groups in total. The number of anilines is 1. The number of oxazole rings is 1. The van der Waals surface area contributed by atoms with Gasteiger partial charge in [-0.3, -0.25) is 19.7 Å². The molecule has 0 spiro atoms. The number of rotatable bonds is 5. The molecule has 2 aromatic heterocycles. The third-order valence-corrected chi connectivity index (χ3v) is 9.09. The van der Waals surface area contributed by atoms with Crippen LogP contribution < -0.4 is 10.6 Å². The number of carbonyl (C=O) groups is 5. The second kappa shape index (κ2) is 18.2. The number of pyridine rings is 1. The van der Waals surface area contributed by atoms with E-state index in [-0.39, 0.29) is 61.7 Å². The number of para-hydroxylation sites is 1. The highest BCUT2D eigenvalue weighted by Crippen LogP contribution is 2.27. The molecule has 1 aromatic carbocycles. The summed E-state index contributed by atoms with van der Waals surface area (Å²) in [6.07, 6.45) is 7.49. The van der Waals surface area contributed by atoms with Crippen LogP contribution in [0.4, 0.5) is 10.6 Å². The predicted octanol–water partition coefficient (Wildman–Crippen LogP) is 4.70. The minimum Gasteiger partial charge on any atom is -0.460 e. The van der Waals surface area contributed by atoms with Crippen molar-refractivity contribution in [3.63, 3.8) is 0 Å². The minimum atomic E-state index is -1.05. The van der Waals surface area contributed by atoms with Crippen molar-refractivity contribution in [2.24, 2.45) is 11.8 Å². The van der Waals surface area contributed by atoms with Gasteiger partial charge in [0.05, 0.1) is 24.6 Å². The number of hydrogen-bond donors (Lipinski definition) is 3. The average Bonchev–Trinajstić information content (AvgIpc) is 3.81. The van der Waals surface area contributed by atoms with Crippen LogP contribution >= 0.6 is 0 Å². The fraction of sp³-hybridized carbons (Fsp3) is 0.410. The number of Topliss-reactive ketones (excluding diaryl/α,β-unsaturated/α-hetero) is 1. The van der Waals surface area contributed by atoms with Crippen molar-refractivity contribution in [1.82, 2.24) is 20.2 Å². The summed E-state index contributed by atoms with van der Waals surface area (Å²) >= 11 is 0. The van der Waals surface area contributed by atoms with E-state index in [2.05, 4.69) is 20.6 Å². The van der Waals surface area contributed by atoms with Gasteiger partial charge in [0.1, 0.15) is 30.0 Å². The molecule has 0 aliphatic carbocycles. The van der Waals surface area contributed by atoms with E-state index in [4.69, 9.17) is 13.9 Å². The van der Waals surface area contributed by atoms with Gasteiger partial charge in [-0.2, -0.15) is 0 Å². The van der Waals surface area contributed by atoms with E-state index in [1.807, 2.05) is 44.2 Å². The van der Waals surface area contributed by atoms with Gasteiger partial charge in [0, 0.05) is 30.8 Å². The first-order valence-corrected chi connectivity index (χ1v) is 17.7. The van der Waals surface area contributed by atoms with E-state index in [0.717, 1.165) is 17.2 Å². The number of cyclic esters (lactones) is 1. The van der Waals surface area contributed by atoms with Gasteiger partial charge in [-0.05, 0) is 56.4 Å². The lowest BCUT2D eigenvalue weighted by molar-refractivity contribution is -0.158. The average molecular weight is 728 g/mol. The summed E-state index contributed by atoms with van der Waals surface area (Å²) in [6, 6.07) is 10.2. The molecular formula is C39H45N5O9. The molecule has 1 fully saturated rings. The van der Waals surface area contributed by atoms with Crippen molar-refractivity contribution in [1.29, 1.82) is 0 Å². The monoisotopic (exact) mass is 727 g/mol. The molecule has 0 radical (unpaired) electrons. The summed E-state index contributed by atoms with van der Waals surface area (Å²) in [5.41, 5.74) is 1.37. The van der Waals surface area contributed by atoms with Gasteiger partial charge in [0.25, 0.3) is 5.91 Å². The molecule has 5 atom stereocenters. The number of nitrogens with zero attached hydrogens (tertiary/aromatic N) is 3. The molecule has 2 aliphatic rings. The van der Waals surface area contributed by atoms with E-state index in [0.29, 0.717) is 30.7 Å². The Labute approximate surface area is 307 Å². The standard InChI is InChI=1S/C39H45N5O9/c1-24-8-6-17-40-34(47)15-12-25(2)36(26(3)16-19-51-39(50)43-33-14-13-27-9-4-5-10-30(27)41-33)53-38(49)32-11-7-18-44(32)37(48)31-23-52-35(42-31)22-29(46)21-28(45)20-24/h4-6,8-10,12-15,20,23,25-26,28,32,36,45H,7,11,16-19,21-22H2,1-3H3,(H,40,47)(H,41,43,50)/b8-6?,15-12+,24-20?/t25-,26-,28-,32-,36+/m1/s1. The van der Waals surface area contributed by atoms with Crippen LogP contribution in [0.15, 0.2) is 83.0 Å². The van der Waals surface area contributed by atoms with Crippen LogP contribution in [-0.4, -0.2) is 87.6 Å². The van der Waals surface area contributed by atoms with Crippen molar-refractivity contribution in [3.05, 3.63) is 90.2 Å². The molecule has 2 aliphatic heterocycles. The van der Waals surface area contributed by atoms with Gasteiger partial charge < -0.3 is 29.2 Å². The number of benzene rings is 1. The van der Waals surface area contributed by atoms with Crippen LogP contribution in [-0.2, 0) is 30.3 Å². The lowest BCUT2D eigenvalue weighted by atomic mass is 9.90. The summed E-state index contributed by atoms with van der Waals surface area (Å²) < 4.78 is 17.0. The molecule has 2 bridgehead atoms. The number of esters is 1. The van der Waals surface area contributed by atoms with Gasteiger partial charge in [0.2, 0.25) is 11.8 Å². The number of amides is 3. The number of ether oxygens (including phenoxy) is 2. The molecule has 3 amide bonds. The lowest BCUT2D eigenvalue weighted by Crippen LogP contribution is -2.44. The number of hydrogen-bond acceptors (Lipinski definition) is 11. The number of nitrogens with one attached hydrogen (secondary N) is 2. The molecule has 14 nitrogen and oxygen atoms in total. The Hall–Kier alpha value is -5.63. The summed E-state index contributed by atoms with van der Waals surface area (Å²) in [4.78, 5) is 75.1. The second-order valence-electron chi connectivity index (χ2n) is 13.4. The highest BCUT2D eigenvalue weighted by Gasteiger charge is 2.39. The Morgan fingerprint density at radius 3 is 2.77 bits per heavy atom. The molecule has 3 aromatic rings. The highest BCUT2D eigenvalue weighted by atomic mass is 16.6. The predicted molar refractivity (Wildman–Crippen MR) is 194 cm³/mol. The Kier molecular flexibility index (Phi) is 13.3. The van der Waals surface area contributed by atoms with Crippen molar-refractivity contribution in [2.75, 3.05) is 25.0 Å². The Balaban J connectivity index is 1.29. The number of ketones is 1. The molecule has 14 heteroatoms. The molecule has 5 rings (SSSR count). The second-order valence-corrected chi connectivity index (χ2v) is 13.4. The van der Waals surface area contributed by atoms with Gasteiger partial charge in [-0.15, -0.1) is 0 Å². The van der Waals surface area contributed by atoms with Crippen LogP contribution in [0.5, 0.6) is 0 Å². The normalized spacial score (nSPS) is 23.4. The fourth-order valence-electron chi connectivity index (χ4n) is 6.33. The van der Waals surface area contributed by atoms with E-state index >= 15 is 0 Å². The molecule has 280 valence electrons. The van der Waals surface area contributed by atoms with Gasteiger partial charge >= 0.3 is 12.1 Å². The Morgan fingerprint density at radius 1 is 1.13 bits per heavy atom. The first kappa shape index (κ1) is 38.6. The van der Waals surface area contributed by atoms with Crippen LogP contribution in [0.3, 0.4) is 0 Å². The molecular weight excluding hydrogens is 682 g/mol. The first-order valence-electron chi connectivity index (χ1n) is 17.7. The topological polar surface area (TPSA) is 190 Å². The highest BCUT2D eigenvalue weighted by molar-refractivity contribution is 5.95. The van der Waals surface area contributed by atoms with Crippen molar-refractivity contribution in [2.45, 2.75) is 71.1 Å². The summed E-state index contributed by atoms with van der Waals surface area (Å²) in [7, 11) is 0. The zero-order valence-corrected chi connectivity index (χ0v) is 30.0. The third-order valence-electron chi connectivity index (χ3n) is 9.09. The van der Waals surface area contributed by atoms with Crippen LogP contribution in [0, 0.1) is 11.8 Å². The largest absolute Gasteiger partial charge is 0.460 e. The molecule has 0 saturated carbocycles. The SMILES string of the molecule is CC1=C[C@@H](O)CC(=O)Cc2nc(co2)C(=O)N2CCC[C@@H]2C(=O)O[C@H]([C@H](C)CCOC(=O)Nc2ccc3ccccc3n2)[C@H](C)/C=C/C(=O)NCC=C1. The number of aliphatic hydroxyl groups is 1. The van der Waals surface area contributed by atoms with Crippen LogP contribution in [0.1, 0.15) is 62.8 Å². The Morgan fingerprint density at radius 2 is 1.94 bits per heavy atom. The van der Waals surface area contributed by atoms with Gasteiger partial charge in [0.15, 0.2) is 5.69 Å².